The van der Waals surface area contributed by atoms with Gasteiger partial charge in [0.05, 0.1) is 11.0 Å². The molecule has 0 aliphatic rings. The zero-order valence-corrected chi connectivity index (χ0v) is 19.0. The SMILES string of the molecule is Cc1nccn1Cc1ccc(NC(=O)c2ccccc2CSc2nc3ccccc3[nH]2)cc1. The van der Waals surface area contributed by atoms with Crippen LogP contribution in [0.1, 0.15) is 27.3 Å². The first-order valence-electron chi connectivity index (χ1n) is 10.7. The maximum Gasteiger partial charge on any atom is 0.255 e. The lowest BCUT2D eigenvalue weighted by atomic mass is 10.1. The van der Waals surface area contributed by atoms with Gasteiger partial charge in [-0.05, 0) is 48.4 Å². The summed E-state index contributed by atoms with van der Waals surface area (Å²) in [6.07, 6.45) is 3.76. The van der Waals surface area contributed by atoms with Gasteiger partial charge in [-0.25, -0.2) is 9.97 Å². The molecule has 0 atom stereocenters. The van der Waals surface area contributed by atoms with Gasteiger partial charge < -0.3 is 14.9 Å². The minimum atomic E-state index is -0.117. The number of H-pyrrole nitrogens is 1. The maximum atomic E-state index is 13.0. The van der Waals surface area contributed by atoms with Gasteiger partial charge in [0.2, 0.25) is 0 Å². The van der Waals surface area contributed by atoms with Crippen LogP contribution >= 0.6 is 11.8 Å². The van der Waals surface area contributed by atoms with Crippen molar-refractivity contribution < 1.29 is 4.79 Å². The second-order valence-corrected chi connectivity index (χ2v) is 8.72. The molecule has 5 rings (SSSR count). The number of nitrogens with one attached hydrogen (secondary N) is 2. The molecule has 0 aliphatic carbocycles. The van der Waals surface area contributed by atoms with Crippen molar-refractivity contribution in [2.24, 2.45) is 0 Å². The van der Waals surface area contributed by atoms with Crippen LogP contribution in [0.25, 0.3) is 11.0 Å². The quantitative estimate of drug-likeness (QED) is 0.312. The number of rotatable bonds is 7. The fourth-order valence-electron chi connectivity index (χ4n) is 3.67. The summed E-state index contributed by atoms with van der Waals surface area (Å²) in [6.45, 7) is 2.74. The summed E-state index contributed by atoms with van der Waals surface area (Å²) in [5, 5.41) is 3.87. The number of hydrogen-bond donors (Lipinski definition) is 2. The molecule has 2 heterocycles. The van der Waals surface area contributed by atoms with Gasteiger partial charge >= 0.3 is 0 Å². The molecule has 33 heavy (non-hydrogen) atoms. The zero-order valence-electron chi connectivity index (χ0n) is 18.2. The van der Waals surface area contributed by atoms with E-state index in [4.69, 9.17) is 0 Å². The minimum absolute atomic E-state index is 0.117. The second kappa shape index (κ2) is 9.34. The zero-order chi connectivity index (χ0) is 22.6. The Hall–Kier alpha value is -3.84. The molecule has 0 unspecified atom stereocenters. The van der Waals surface area contributed by atoms with Crippen LogP contribution in [-0.2, 0) is 12.3 Å². The molecule has 5 aromatic rings. The van der Waals surface area contributed by atoms with Crippen molar-refractivity contribution in [1.82, 2.24) is 19.5 Å². The number of thioether (sulfide) groups is 1. The molecule has 6 nitrogen and oxygen atoms in total. The number of aryl methyl sites for hydroxylation is 1. The molecule has 0 spiro atoms. The summed E-state index contributed by atoms with van der Waals surface area (Å²) >= 11 is 1.59. The smallest absolute Gasteiger partial charge is 0.255 e. The second-order valence-electron chi connectivity index (χ2n) is 7.76. The molecule has 164 valence electrons. The number of amides is 1. The van der Waals surface area contributed by atoms with Gasteiger partial charge in [0.15, 0.2) is 5.16 Å². The predicted molar refractivity (Wildman–Crippen MR) is 133 cm³/mol. The first-order chi connectivity index (χ1) is 16.2. The largest absolute Gasteiger partial charge is 0.333 e. The topological polar surface area (TPSA) is 75.6 Å². The average Bonchev–Trinajstić information content (AvgIpc) is 3.44. The van der Waals surface area contributed by atoms with E-state index in [1.54, 1.807) is 18.0 Å². The maximum absolute atomic E-state index is 13.0. The molecular formula is C26H23N5OS. The van der Waals surface area contributed by atoms with Crippen LogP contribution in [0.15, 0.2) is 90.3 Å². The van der Waals surface area contributed by atoms with Gasteiger partial charge in [0, 0.05) is 35.9 Å². The van der Waals surface area contributed by atoms with Gasteiger partial charge in [-0.3, -0.25) is 4.79 Å². The van der Waals surface area contributed by atoms with E-state index in [0.29, 0.717) is 11.3 Å². The number of fused-ring (bicyclic) bond motifs is 1. The molecule has 3 aromatic carbocycles. The Labute approximate surface area is 196 Å². The van der Waals surface area contributed by atoms with E-state index in [0.717, 1.165) is 45.4 Å². The van der Waals surface area contributed by atoms with E-state index in [2.05, 4.69) is 24.8 Å². The lowest BCUT2D eigenvalue weighted by Crippen LogP contribution is -2.14. The molecule has 0 saturated carbocycles. The van der Waals surface area contributed by atoms with Crippen LogP contribution in [0.4, 0.5) is 5.69 Å². The van der Waals surface area contributed by atoms with Crippen molar-refractivity contribution >= 4 is 34.4 Å². The van der Waals surface area contributed by atoms with Gasteiger partial charge in [-0.15, -0.1) is 0 Å². The van der Waals surface area contributed by atoms with E-state index < -0.39 is 0 Å². The minimum Gasteiger partial charge on any atom is -0.333 e. The van der Waals surface area contributed by atoms with Gasteiger partial charge in [-0.1, -0.05) is 54.2 Å². The first kappa shape index (κ1) is 21.0. The highest BCUT2D eigenvalue weighted by Gasteiger charge is 2.13. The normalized spacial score (nSPS) is 11.1. The highest BCUT2D eigenvalue weighted by atomic mass is 32.2. The standard InChI is InChI=1S/C26H23N5OS/c1-18-27-14-15-31(18)16-19-10-12-21(13-11-19)28-25(32)22-7-3-2-6-20(22)17-33-26-29-23-8-4-5-9-24(23)30-26/h2-15H,16-17H2,1H3,(H,28,32)(H,29,30). The summed E-state index contributed by atoms with van der Waals surface area (Å²) in [6, 6.07) is 23.6. The van der Waals surface area contributed by atoms with Crippen LogP contribution in [0.3, 0.4) is 0 Å². The number of anilines is 1. The van der Waals surface area contributed by atoms with Crippen molar-refractivity contribution in [1.29, 1.82) is 0 Å². The summed E-state index contributed by atoms with van der Waals surface area (Å²) in [7, 11) is 0. The van der Waals surface area contributed by atoms with Crippen LogP contribution in [0.5, 0.6) is 0 Å². The molecule has 2 aromatic heterocycles. The van der Waals surface area contributed by atoms with Crippen molar-refractivity contribution in [2.45, 2.75) is 24.4 Å². The predicted octanol–water partition coefficient (Wildman–Crippen LogP) is 5.66. The van der Waals surface area contributed by atoms with Crippen molar-refractivity contribution in [3.63, 3.8) is 0 Å². The summed E-state index contributed by atoms with van der Waals surface area (Å²) in [5.41, 5.74) is 5.50. The molecule has 0 radical (unpaired) electrons. The summed E-state index contributed by atoms with van der Waals surface area (Å²) in [5.74, 6) is 1.51. The van der Waals surface area contributed by atoms with Crippen LogP contribution in [0.2, 0.25) is 0 Å². The highest BCUT2D eigenvalue weighted by Crippen LogP contribution is 2.25. The van der Waals surface area contributed by atoms with Crippen molar-refractivity contribution in [3.05, 3.63) is 108 Å². The van der Waals surface area contributed by atoms with Crippen molar-refractivity contribution in [3.8, 4) is 0 Å². The Morgan fingerprint density at radius 2 is 1.82 bits per heavy atom. The number of hydrogen-bond acceptors (Lipinski definition) is 4. The molecule has 7 heteroatoms. The van der Waals surface area contributed by atoms with Crippen molar-refractivity contribution in [2.75, 3.05) is 5.32 Å². The first-order valence-corrected chi connectivity index (χ1v) is 11.7. The Kier molecular flexibility index (Phi) is 5.95. The van der Waals surface area contributed by atoms with E-state index in [9.17, 15) is 4.79 Å². The molecular weight excluding hydrogens is 430 g/mol. The molecule has 0 aliphatic heterocycles. The number of nitrogens with zero attached hydrogens (tertiary/aromatic N) is 3. The molecule has 0 bridgehead atoms. The fourth-order valence-corrected chi connectivity index (χ4v) is 4.56. The Bertz CT molecular complexity index is 1370. The summed E-state index contributed by atoms with van der Waals surface area (Å²) in [4.78, 5) is 25.2. The number of aromatic amines is 1. The van der Waals surface area contributed by atoms with Crippen LogP contribution in [0, 0.1) is 6.92 Å². The van der Waals surface area contributed by atoms with Crippen LogP contribution in [-0.4, -0.2) is 25.4 Å². The number of aromatic nitrogens is 4. The Balaban J connectivity index is 1.25. The number of carbonyl (C=O) groups is 1. The van der Waals surface area contributed by atoms with Gasteiger partial charge in [-0.2, -0.15) is 0 Å². The Morgan fingerprint density at radius 1 is 1.03 bits per heavy atom. The number of para-hydroxylation sites is 2. The van der Waals surface area contributed by atoms with E-state index in [1.807, 2.05) is 85.9 Å². The number of carbonyl (C=O) groups excluding carboxylic acids is 1. The highest BCUT2D eigenvalue weighted by molar-refractivity contribution is 7.98. The third kappa shape index (κ3) is 4.83. The lowest BCUT2D eigenvalue weighted by molar-refractivity contribution is 0.102. The van der Waals surface area contributed by atoms with Gasteiger partial charge in [0.1, 0.15) is 5.82 Å². The number of imidazole rings is 2. The third-order valence-electron chi connectivity index (χ3n) is 5.48. The summed E-state index contributed by atoms with van der Waals surface area (Å²) < 4.78 is 2.09. The lowest BCUT2D eigenvalue weighted by Gasteiger charge is -2.11. The fraction of sp³-hybridized carbons (Fsp3) is 0.115. The molecule has 0 fully saturated rings. The number of benzene rings is 3. The third-order valence-corrected chi connectivity index (χ3v) is 6.40. The van der Waals surface area contributed by atoms with E-state index in [-0.39, 0.29) is 5.91 Å². The Morgan fingerprint density at radius 3 is 2.61 bits per heavy atom. The van der Waals surface area contributed by atoms with Gasteiger partial charge in [0.25, 0.3) is 5.91 Å². The van der Waals surface area contributed by atoms with Crippen LogP contribution < -0.4 is 5.32 Å². The van der Waals surface area contributed by atoms with E-state index in [1.165, 1.54) is 0 Å². The monoisotopic (exact) mass is 453 g/mol. The molecule has 1 amide bonds. The molecule has 0 saturated heterocycles. The molecule has 2 N–H and O–H groups in total. The average molecular weight is 454 g/mol. The van der Waals surface area contributed by atoms with E-state index >= 15 is 0 Å².